The van der Waals surface area contributed by atoms with Gasteiger partial charge in [-0.15, -0.1) is 0 Å². The molecule has 2 saturated heterocycles. The Bertz CT molecular complexity index is 694. The maximum absolute atomic E-state index is 12.8. The topological polar surface area (TPSA) is 75.6 Å². The molecule has 2 fully saturated rings. The van der Waals surface area contributed by atoms with Gasteiger partial charge in [0.2, 0.25) is 5.91 Å². The number of halogens is 4. The lowest BCUT2D eigenvalue weighted by Gasteiger charge is -2.24. The van der Waals surface area contributed by atoms with Gasteiger partial charge in [0.25, 0.3) is 0 Å². The third-order valence-electron chi connectivity index (χ3n) is 4.41. The number of ether oxygens (including phenoxy) is 1. The van der Waals surface area contributed by atoms with Gasteiger partial charge in [-0.05, 0) is 31.0 Å². The van der Waals surface area contributed by atoms with Gasteiger partial charge < -0.3 is 15.2 Å². The molecule has 2 aliphatic heterocycles. The van der Waals surface area contributed by atoms with E-state index < -0.39 is 47.7 Å². The van der Waals surface area contributed by atoms with Crippen LogP contribution < -0.4 is 5.32 Å². The number of amides is 1. The van der Waals surface area contributed by atoms with Crippen LogP contribution in [-0.2, 0) is 20.5 Å². The summed E-state index contributed by atoms with van der Waals surface area (Å²) in [6.45, 7) is 0. The van der Waals surface area contributed by atoms with Gasteiger partial charge in [-0.2, -0.15) is 13.2 Å². The normalized spacial score (nSPS) is 28.8. The summed E-state index contributed by atoms with van der Waals surface area (Å²) >= 11 is 5.85. The number of benzene rings is 1. The average molecular weight is 364 g/mol. The Balaban J connectivity index is 1.83. The molecule has 0 aliphatic carbocycles. The molecule has 0 saturated carbocycles. The van der Waals surface area contributed by atoms with Gasteiger partial charge in [0.05, 0.1) is 40.3 Å². The van der Waals surface area contributed by atoms with E-state index in [-0.39, 0.29) is 10.7 Å². The van der Waals surface area contributed by atoms with Crippen molar-refractivity contribution >= 4 is 29.2 Å². The molecule has 2 N–H and O–H groups in total. The van der Waals surface area contributed by atoms with E-state index in [1.807, 2.05) is 0 Å². The first-order valence-electron chi connectivity index (χ1n) is 7.24. The highest BCUT2D eigenvalue weighted by Crippen LogP contribution is 2.44. The van der Waals surface area contributed by atoms with Gasteiger partial charge in [-0.3, -0.25) is 9.59 Å². The second kappa shape index (κ2) is 5.93. The SMILES string of the molecule is O=C(Nc1cc(C(F)(F)F)ccc1Cl)[C@@H]1[C@H](C(=O)O)[C@@H]2CC[C@H]1O2. The van der Waals surface area contributed by atoms with Gasteiger partial charge in [0, 0.05) is 0 Å². The first kappa shape index (κ1) is 17.0. The Labute approximate surface area is 139 Å². The maximum Gasteiger partial charge on any atom is 0.416 e. The van der Waals surface area contributed by atoms with E-state index in [1.165, 1.54) is 0 Å². The summed E-state index contributed by atoms with van der Waals surface area (Å²) in [5.74, 6) is -3.81. The fourth-order valence-corrected chi connectivity index (χ4v) is 3.50. The monoisotopic (exact) mass is 363 g/mol. The van der Waals surface area contributed by atoms with Crippen LogP contribution in [0.15, 0.2) is 18.2 Å². The molecule has 2 heterocycles. The highest BCUT2D eigenvalue weighted by atomic mass is 35.5. The van der Waals surface area contributed by atoms with Crippen LogP contribution in [0, 0.1) is 11.8 Å². The van der Waals surface area contributed by atoms with Crippen LogP contribution in [0.25, 0.3) is 0 Å². The number of hydrogen-bond donors (Lipinski definition) is 2. The molecule has 2 bridgehead atoms. The lowest BCUT2D eigenvalue weighted by molar-refractivity contribution is -0.147. The van der Waals surface area contributed by atoms with E-state index in [2.05, 4.69) is 5.32 Å². The number of rotatable bonds is 3. The molecule has 1 aromatic rings. The van der Waals surface area contributed by atoms with Crippen LogP contribution in [0.2, 0.25) is 5.02 Å². The fourth-order valence-electron chi connectivity index (χ4n) is 3.34. The summed E-state index contributed by atoms with van der Waals surface area (Å²) in [7, 11) is 0. The molecular formula is C15H13ClF3NO4. The van der Waals surface area contributed by atoms with Crippen molar-refractivity contribution < 1.29 is 32.6 Å². The van der Waals surface area contributed by atoms with Gasteiger partial charge in [0.15, 0.2) is 0 Å². The van der Waals surface area contributed by atoms with E-state index in [0.29, 0.717) is 12.8 Å². The smallest absolute Gasteiger partial charge is 0.416 e. The standard InChI is InChI=1S/C15H13ClF3NO4/c16-7-2-1-6(15(17,18)19)5-8(7)20-13(21)11-9-3-4-10(24-9)12(11)14(22)23/h1-2,5,9-12H,3-4H2,(H,20,21)(H,22,23)/t9-,10+,11+,12-/m1/s1. The molecule has 0 spiro atoms. The van der Waals surface area contributed by atoms with Crippen molar-refractivity contribution in [2.75, 3.05) is 5.32 Å². The molecule has 24 heavy (non-hydrogen) atoms. The molecule has 0 aromatic heterocycles. The second-order valence-corrected chi connectivity index (χ2v) is 6.27. The van der Waals surface area contributed by atoms with Crippen molar-refractivity contribution in [1.82, 2.24) is 0 Å². The van der Waals surface area contributed by atoms with Crippen molar-refractivity contribution in [3.63, 3.8) is 0 Å². The summed E-state index contributed by atoms with van der Waals surface area (Å²) in [6.07, 6.45) is -4.57. The maximum atomic E-state index is 12.8. The average Bonchev–Trinajstić information content (AvgIpc) is 3.08. The number of hydrogen-bond acceptors (Lipinski definition) is 3. The molecule has 1 aromatic carbocycles. The second-order valence-electron chi connectivity index (χ2n) is 5.86. The zero-order valence-corrected chi connectivity index (χ0v) is 12.9. The number of anilines is 1. The highest BCUT2D eigenvalue weighted by Gasteiger charge is 2.55. The molecule has 1 amide bonds. The number of alkyl halides is 3. The third kappa shape index (κ3) is 2.95. The van der Waals surface area contributed by atoms with Gasteiger partial charge >= 0.3 is 12.1 Å². The van der Waals surface area contributed by atoms with Crippen LogP contribution in [0.4, 0.5) is 18.9 Å². The zero-order chi connectivity index (χ0) is 17.6. The Hall–Kier alpha value is -1.80. The van der Waals surface area contributed by atoms with E-state index in [4.69, 9.17) is 16.3 Å². The van der Waals surface area contributed by atoms with Gasteiger partial charge in [0.1, 0.15) is 0 Å². The number of carbonyl (C=O) groups excluding carboxylic acids is 1. The van der Waals surface area contributed by atoms with Crippen LogP contribution in [0.5, 0.6) is 0 Å². The van der Waals surface area contributed by atoms with E-state index in [1.54, 1.807) is 0 Å². The number of fused-ring (bicyclic) bond motifs is 2. The van der Waals surface area contributed by atoms with E-state index >= 15 is 0 Å². The number of nitrogens with one attached hydrogen (secondary N) is 1. The predicted octanol–water partition coefficient (Wildman–Crippen LogP) is 3.18. The molecule has 3 rings (SSSR count). The number of aliphatic carboxylic acids is 1. The summed E-state index contributed by atoms with van der Waals surface area (Å²) in [6, 6.07) is 2.56. The molecule has 0 radical (unpaired) electrons. The minimum Gasteiger partial charge on any atom is -0.481 e. The Morgan fingerprint density at radius 1 is 1.21 bits per heavy atom. The van der Waals surface area contributed by atoms with Gasteiger partial charge in [-0.1, -0.05) is 11.6 Å². The van der Waals surface area contributed by atoms with Crippen molar-refractivity contribution in [2.45, 2.75) is 31.2 Å². The molecule has 2 aliphatic rings. The summed E-state index contributed by atoms with van der Waals surface area (Å²) in [5.41, 5.74) is -1.16. The van der Waals surface area contributed by atoms with Crippen LogP contribution in [0.1, 0.15) is 18.4 Å². The number of carbonyl (C=O) groups is 2. The highest BCUT2D eigenvalue weighted by molar-refractivity contribution is 6.33. The van der Waals surface area contributed by atoms with Crippen molar-refractivity contribution in [3.05, 3.63) is 28.8 Å². The van der Waals surface area contributed by atoms with Crippen LogP contribution in [0.3, 0.4) is 0 Å². The molecule has 0 unspecified atom stereocenters. The van der Waals surface area contributed by atoms with Crippen LogP contribution in [-0.4, -0.2) is 29.2 Å². The quantitative estimate of drug-likeness (QED) is 0.865. The molecule has 4 atom stereocenters. The lowest BCUT2D eigenvalue weighted by Crippen LogP contribution is -2.41. The van der Waals surface area contributed by atoms with Crippen LogP contribution >= 0.6 is 11.6 Å². The summed E-state index contributed by atoms with van der Waals surface area (Å²) in [5, 5.41) is 11.5. The third-order valence-corrected chi connectivity index (χ3v) is 4.74. The summed E-state index contributed by atoms with van der Waals surface area (Å²) < 4.78 is 43.8. The molecule has 5 nitrogen and oxygen atoms in total. The minimum atomic E-state index is -4.58. The number of carboxylic acid groups (broad SMARTS) is 1. The number of carboxylic acids is 1. The van der Waals surface area contributed by atoms with E-state index in [9.17, 15) is 27.9 Å². The van der Waals surface area contributed by atoms with Crippen molar-refractivity contribution in [1.29, 1.82) is 0 Å². The van der Waals surface area contributed by atoms with Gasteiger partial charge in [-0.25, -0.2) is 0 Å². The van der Waals surface area contributed by atoms with Crippen molar-refractivity contribution in [3.8, 4) is 0 Å². The molecule has 9 heteroatoms. The zero-order valence-electron chi connectivity index (χ0n) is 12.1. The molecular weight excluding hydrogens is 351 g/mol. The first-order valence-corrected chi connectivity index (χ1v) is 7.62. The Kier molecular flexibility index (Phi) is 4.21. The largest absolute Gasteiger partial charge is 0.481 e. The lowest BCUT2D eigenvalue weighted by atomic mass is 9.78. The summed E-state index contributed by atoms with van der Waals surface area (Å²) in [4.78, 5) is 23.8. The molecule has 130 valence electrons. The Morgan fingerprint density at radius 2 is 1.83 bits per heavy atom. The predicted molar refractivity (Wildman–Crippen MR) is 77.6 cm³/mol. The van der Waals surface area contributed by atoms with E-state index in [0.717, 1.165) is 18.2 Å². The fraction of sp³-hybridized carbons (Fsp3) is 0.467. The Morgan fingerprint density at radius 3 is 2.42 bits per heavy atom. The van der Waals surface area contributed by atoms with Crippen molar-refractivity contribution in [2.24, 2.45) is 11.8 Å². The minimum absolute atomic E-state index is 0.0627. The first-order chi connectivity index (χ1) is 11.2.